The maximum atomic E-state index is 13.2. The van der Waals surface area contributed by atoms with Crippen LogP contribution in [-0.2, 0) is 0 Å². The lowest BCUT2D eigenvalue weighted by Crippen LogP contribution is -2.34. The molecule has 2 N–H and O–H groups in total. The predicted octanol–water partition coefficient (Wildman–Crippen LogP) is 4.38. The summed E-state index contributed by atoms with van der Waals surface area (Å²) in [5.74, 6) is 0.542. The van der Waals surface area contributed by atoms with Crippen molar-refractivity contribution in [3.8, 4) is 0 Å². The minimum Gasteiger partial charge on any atom is -0.329 e. The van der Waals surface area contributed by atoms with Crippen molar-refractivity contribution < 1.29 is 4.39 Å². The van der Waals surface area contributed by atoms with Crippen LogP contribution in [0.15, 0.2) is 18.2 Å². The number of nitrogens with zero attached hydrogens (tertiary/aromatic N) is 1. The first-order chi connectivity index (χ1) is 10.2. The number of hydrogen-bond donors (Lipinski definition) is 1. The Hall–Kier alpha value is -0.640. The topological polar surface area (TPSA) is 29.3 Å². The molecule has 118 valence electrons. The van der Waals surface area contributed by atoms with Gasteiger partial charge >= 0.3 is 0 Å². The predicted molar refractivity (Wildman–Crippen MR) is 87.0 cm³/mol. The van der Waals surface area contributed by atoms with Crippen LogP contribution in [0.1, 0.15) is 50.6 Å². The summed E-state index contributed by atoms with van der Waals surface area (Å²) in [6.45, 7) is 4.88. The second-order valence-electron chi connectivity index (χ2n) is 6.04. The lowest BCUT2D eigenvalue weighted by Gasteiger charge is -2.30. The highest BCUT2D eigenvalue weighted by Gasteiger charge is 2.24. The molecule has 0 aliphatic carbocycles. The van der Waals surface area contributed by atoms with Gasteiger partial charge in [0, 0.05) is 17.6 Å². The van der Waals surface area contributed by atoms with E-state index in [1.165, 1.54) is 44.2 Å². The third-order valence-electron chi connectivity index (χ3n) is 4.56. The van der Waals surface area contributed by atoms with E-state index in [-0.39, 0.29) is 11.9 Å². The largest absolute Gasteiger partial charge is 0.329 e. The summed E-state index contributed by atoms with van der Waals surface area (Å²) in [4.78, 5) is 2.43. The van der Waals surface area contributed by atoms with Crippen LogP contribution in [0.2, 0.25) is 5.02 Å². The van der Waals surface area contributed by atoms with Gasteiger partial charge in [-0.25, -0.2) is 4.39 Å². The Bertz CT molecular complexity index is 452. The molecule has 1 aliphatic heterocycles. The summed E-state index contributed by atoms with van der Waals surface area (Å²) in [6.07, 6.45) is 6.31. The van der Waals surface area contributed by atoms with E-state index in [0.717, 1.165) is 24.6 Å². The first-order valence-electron chi connectivity index (χ1n) is 8.04. The molecule has 1 aromatic carbocycles. The summed E-state index contributed by atoms with van der Waals surface area (Å²) >= 11 is 6.22. The Labute approximate surface area is 132 Å². The molecule has 0 spiro atoms. The Morgan fingerprint density at radius 1 is 1.38 bits per heavy atom. The fraction of sp³-hybridized carbons (Fsp3) is 0.647. The van der Waals surface area contributed by atoms with Crippen molar-refractivity contribution in [1.82, 2.24) is 4.90 Å². The smallest absolute Gasteiger partial charge is 0.124 e. The molecule has 0 radical (unpaired) electrons. The normalized spacial score (nSPS) is 22.0. The Kier molecular flexibility index (Phi) is 6.46. The van der Waals surface area contributed by atoms with Crippen molar-refractivity contribution >= 4 is 11.6 Å². The van der Waals surface area contributed by atoms with Crippen LogP contribution >= 0.6 is 11.6 Å². The van der Waals surface area contributed by atoms with Gasteiger partial charge in [0.1, 0.15) is 5.82 Å². The van der Waals surface area contributed by atoms with E-state index < -0.39 is 0 Å². The molecule has 1 fully saturated rings. The van der Waals surface area contributed by atoms with Gasteiger partial charge in [0.25, 0.3) is 0 Å². The Morgan fingerprint density at radius 2 is 2.19 bits per heavy atom. The van der Waals surface area contributed by atoms with Crippen LogP contribution < -0.4 is 5.73 Å². The zero-order valence-corrected chi connectivity index (χ0v) is 13.6. The molecule has 2 unspecified atom stereocenters. The fourth-order valence-corrected chi connectivity index (χ4v) is 3.73. The molecule has 2 nitrogen and oxygen atoms in total. The third kappa shape index (κ3) is 4.41. The van der Waals surface area contributed by atoms with Crippen LogP contribution in [0.4, 0.5) is 4.39 Å². The van der Waals surface area contributed by atoms with E-state index in [9.17, 15) is 4.39 Å². The van der Waals surface area contributed by atoms with Crippen LogP contribution in [0, 0.1) is 11.7 Å². The zero-order chi connectivity index (χ0) is 15.2. The van der Waals surface area contributed by atoms with Crippen LogP contribution in [0.25, 0.3) is 0 Å². The van der Waals surface area contributed by atoms with E-state index >= 15 is 0 Å². The highest BCUT2D eigenvalue weighted by Crippen LogP contribution is 2.31. The SMILES string of the molecule is CCCC1CCCN(C(CN)c2ccc(F)cc2Cl)CC1. The van der Waals surface area contributed by atoms with Crippen molar-refractivity contribution in [2.75, 3.05) is 19.6 Å². The molecule has 1 aromatic rings. The lowest BCUT2D eigenvalue weighted by molar-refractivity contribution is 0.206. The number of benzene rings is 1. The van der Waals surface area contributed by atoms with Crippen molar-refractivity contribution in [2.45, 2.75) is 45.1 Å². The maximum Gasteiger partial charge on any atom is 0.124 e. The summed E-state index contributed by atoms with van der Waals surface area (Å²) in [6, 6.07) is 4.74. The minimum absolute atomic E-state index is 0.0958. The first-order valence-corrected chi connectivity index (χ1v) is 8.42. The van der Waals surface area contributed by atoms with E-state index in [0.29, 0.717) is 11.6 Å². The quantitative estimate of drug-likeness (QED) is 0.874. The molecule has 0 bridgehead atoms. The molecule has 0 aromatic heterocycles. The van der Waals surface area contributed by atoms with E-state index in [4.69, 9.17) is 17.3 Å². The standard InChI is InChI=1S/C17H26ClFN2/c1-2-4-13-5-3-9-21(10-8-13)17(12-20)15-7-6-14(19)11-16(15)18/h6-7,11,13,17H,2-5,8-10,12,20H2,1H3. The van der Waals surface area contributed by atoms with E-state index in [2.05, 4.69) is 11.8 Å². The first kappa shape index (κ1) is 16.7. The van der Waals surface area contributed by atoms with Crippen LogP contribution in [0.3, 0.4) is 0 Å². The Balaban J connectivity index is 2.10. The maximum absolute atomic E-state index is 13.2. The molecular formula is C17H26ClFN2. The van der Waals surface area contributed by atoms with Crippen LogP contribution in [0.5, 0.6) is 0 Å². The average Bonchev–Trinajstić information content (AvgIpc) is 2.68. The zero-order valence-electron chi connectivity index (χ0n) is 12.8. The number of halogens is 2. The van der Waals surface area contributed by atoms with Gasteiger partial charge in [-0.3, -0.25) is 4.90 Å². The number of hydrogen-bond acceptors (Lipinski definition) is 2. The summed E-state index contributed by atoms with van der Waals surface area (Å²) in [7, 11) is 0. The molecule has 0 amide bonds. The molecular weight excluding hydrogens is 287 g/mol. The molecule has 2 rings (SSSR count). The van der Waals surface area contributed by atoms with Gasteiger partial charge in [0.2, 0.25) is 0 Å². The molecule has 4 heteroatoms. The summed E-state index contributed by atoms with van der Waals surface area (Å²) in [5.41, 5.74) is 6.95. The van der Waals surface area contributed by atoms with Crippen molar-refractivity contribution in [1.29, 1.82) is 0 Å². The number of nitrogens with two attached hydrogens (primary N) is 1. The molecule has 1 heterocycles. The number of rotatable bonds is 5. The Morgan fingerprint density at radius 3 is 2.86 bits per heavy atom. The van der Waals surface area contributed by atoms with Gasteiger partial charge < -0.3 is 5.73 Å². The van der Waals surface area contributed by atoms with E-state index in [1.807, 2.05) is 0 Å². The molecule has 1 aliphatic rings. The van der Waals surface area contributed by atoms with Crippen LogP contribution in [-0.4, -0.2) is 24.5 Å². The summed E-state index contributed by atoms with van der Waals surface area (Å²) in [5, 5.41) is 0.486. The van der Waals surface area contributed by atoms with Crippen molar-refractivity contribution in [3.63, 3.8) is 0 Å². The third-order valence-corrected chi connectivity index (χ3v) is 4.89. The van der Waals surface area contributed by atoms with Gasteiger partial charge in [-0.2, -0.15) is 0 Å². The van der Waals surface area contributed by atoms with E-state index in [1.54, 1.807) is 6.07 Å². The lowest BCUT2D eigenvalue weighted by atomic mass is 9.96. The van der Waals surface area contributed by atoms with Gasteiger partial charge in [0.05, 0.1) is 0 Å². The molecule has 21 heavy (non-hydrogen) atoms. The van der Waals surface area contributed by atoms with Gasteiger partial charge in [-0.05, 0) is 56.0 Å². The van der Waals surface area contributed by atoms with Gasteiger partial charge in [-0.1, -0.05) is 37.4 Å². The van der Waals surface area contributed by atoms with Crippen molar-refractivity contribution in [2.24, 2.45) is 11.7 Å². The number of likely N-dealkylation sites (tertiary alicyclic amines) is 1. The van der Waals surface area contributed by atoms with Crippen molar-refractivity contribution in [3.05, 3.63) is 34.6 Å². The highest BCUT2D eigenvalue weighted by molar-refractivity contribution is 6.31. The molecule has 2 atom stereocenters. The van der Waals surface area contributed by atoms with Gasteiger partial charge in [-0.15, -0.1) is 0 Å². The monoisotopic (exact) mass is 312 g/mol. The fourth-order valence-electron chi connectivity index (χ4n) is 3.44. The average molecular weight is 313 g/mol. The van der Waals surface area contributed by atoms with Gasteiger partial charge in [0.15, 0.2) is 0 Å². The highest BCUT2D eigenvalue weighted by atomic mass is 35.5. The second kappa shape index (κ2) is 8.11. The molecule has 1 saturated heterocycles. The summed E-state index contributed by atoms with van der Waals surface area (Å²) < 4.78 is 13.2. The molecule has 0 saturated carbocycles. The minimum atomic E-state index is -0.293. The second-order valence-corrected chi connectivity index (χ2v) is 6.45.